The molecule has 5 aromatic carbocycles. The number of carbonyl (C=O) groups excluding carboxylic acids is 3. The molecule has 0 radical (unpaired) electrons. The molecule has 2 aliphatic rings. The van der Waals surface area contributed by atoms with Crippen LogP contribution in [0, 0.1) is 18.3 Å². The van der Waals surface area contributed by atoms with Gasteiger partial charge in [-0.15, -0.1) is 0 Å². The summed E-state index contributed by atoms with van der Waals surface area (Å²) < 4.78 is 54.3. The summed E-state index contributed by atoms with van der Waals surface area (Å²) in [5.74, 6) is -0.126. The summed E-state index contributed by atoms with van der Waals surface area (Å²) in [4.78, 5) is 43.9. The van der Waals surface area contributed by atoms with E-state index in [1.807, 2.05) is 66.7 Å². The quantitative estimate of drug-likeness (QED) is 0.0938. The number of fused-ring (bicyclic) bond motifs is 2. The van der Waals surface area contributed by atoms with Crippen molar-refractivity contribution in [2.24, 2.45) is 0 Å². The zero-order valence-electron chi connectivity index (χ0n) is 36.4. The number of rotatable bonds is 15. The van der Waals surface area contributed by atoms with E-state index in [0.29, 0.717) is 49.5 Å². The lowest BCUT2D eigenvalue weighted by Gasteiger charge is -2.36. The highest BCUT2D eigenvalue weighted by atomic mass is 35.5. The number of anilines is 1. The molecule has 0 fully saturated rings. The Balaban J connectivity index is 1.04. The van der Waals surface area contributed by atoms with Gasteiger partial charge in [-0.3, -0.25) is 9.59 Å². The summed E-state index contributed by atoms with van der Waals surface area (Å²) in [5, 5.41) is 16.0. The second kappa shape index (κ2) is 20.2. The van der Waals surface area contributed by atoms with Crippen LogP contribution >= 0.6 is 34.5 Å². The molecule has 8 rings (SSSR count). The van der Waals surface area contributed by atoms with Crippen molar-refractivity contribution in [1.82, 2.24) is 14.6 Å². The number of ketones is 1. The summed E-state index contributed by atoms with van der Waals surface area (Å²) in [6, 6.07) is 30.4. The van der Waals surface area contributed by atoms with E-state index >= 15 is 0 Å². The number of hydrogen-bond donors (Lipinski definition) is 2. The minimum Gasteiger partial charge on any atom is -0.489 e. The van der Waals surface area contributed by atoms with E-state index in [1.54, 1.807) is 43.3 Å². The third kappa shape index (κ3) is 10.7. The number of Topliss-reactive ketones (excluding diaryl/α,β-unsaturated/α-hetero) is 1. The van der Waals surface area contributed by atoms with Crippen molar-refractivity contribution in [2.75, 3.05) is 25.6 Å². The summed E-state index contributed by atoms with van der Waals surface area (Å²) >= 11 is 13.1. The lowest BCUT2D eigenvalue weighted by Crippen LogP contribution is -2.56. The summed E-state index contributed by atoms with van der Waals surface area (Å²) in [7, 11) is -3.22. The molecule has 67 heavy (non-hydrogen) atoms. The fourth-order valence-corrected chi connectivity index (χ4v) is 11.2. The fourth-order valence-electron chi connectivity index (χ4n) is 7.76. The highest BCUT2D eigenvalue weighted by molar-refractivity contribution is 7.91. The van der Waals surface area contributed by atoms with Gasteiger partial charge >= 0.3 is 5.97 Å². The molecule has 0 aliphatic carbocycles. The predicted molar refractivity (Wildman–Crippen MR) is 253 cm³/mol. The van der Waals surface area contributed by atoms with Crippen molar-refractivity contribution in [2.45, 2.75) is 62.2 Å². The van der Waals surface area contributed by atoms with Gasteiger partial charge in [0.05, 0.1) is 41.0 Å². The number of nitrogens with zero attached hydrogens (tertiary/aromatic N) is 3. The maximum atomic E-state index is 14.8. The Bertz CT molecular complexity index is 3000. The number of thiazole rings is 1. The lowest BCUT2D eigenvalue weighted by atomic mass is 9.93. The third-order valence-corrected chi connectivity index (χ3v) is 15.6. The summed E-state index contributed by atoms with van der Waals surface area (Å²) in [6.07, 6.45) is -0.514. The molecule has 0 saturated heterocycles. The van der Waals surface area contributed by atoms with E-state index in [1.165, 1.54) is 14.0 Å². The van der Waals surface area contributed by atoms with Crippen molar-refractivity contribution >= 4 is 67.4 Å². The first-order valence-electron chi connectivity index (χ1n) is 21.0. The fraction of sp³-hybridized carbons (Fsp3) is 0.245. The van der Waals surface area contributed by atoms with Crippen LogP contribution in [0.2, 0.25) is 10.0 Å². The predicted octanol–water partition coefficient (Wildman–Crippen LogP) is 8.41. The monoisotopic (exact) mass is 979 g/mol. The zero-order chi connectivity index (χ0) is 47.4. The smallest absolute Gasteiger partial charge is 0.328 e. The number of carbonyl (C=O) groups is 3. The number of esters is 1. The van der Waals surface area contributed by atoms with Crippen LogP contribution in [0.5, 0.6) is 17.2 Å². The largest absolute Gasteiger partial charge is 0.489 e. The van der Waals surface area contributed by atoms with Crippen molar-refractivity contribution < 1.29 is 41.7 Å². The molecule has 0 unspecified atom stereocenters. The average molecular weight is 981 g/mol. The number of sulfonamides is 1. The maximum Gasteiger partial charge on any atom is 0.328 e. The van der Waals surface area contributed by atoms with Crippen LogP contribution in [0.1, 0.15) is 52.1 Å². The molecule has 0 bridgehead atoms. The first kappa shape index (κ1) is 47.0. The number of nitriles is 1. The van der Waals surface area contributed by atoms with E-state index < -0.39 is 40.1 Å². The topological polar surface area (TPSA) is 186 Å². The number of halogens is 2. The Morgan fingerprint density at radius 3 is 2.28 bits per heavy atom. The van der Waals surface area contributed by atoms with Crippen LogP contribution in [0.15, 0.2) is 107 Å². The van der Waals surface area contributed by atoms with Gasteiger partial charge in [0.2, 0.25) is 5.91 Å². The van der Waals surface area contributed by atoms with Gasteiger partial charge in [0.25, 0.3) is 10.0 Å². The number of amides is 1. The normalized spacial score (nSPS) is 15.9. The van der Waals surface area contributed by atoms with Gasteiger partial charge < -0.3 is 29.6 Å². The first-order chi connectivity index (χ1) is 32.2. The van der Waals surface area contributed by atoms with Gasteiger partial charge in [-0.05, 0) is 108 Å². The standard InChI is InChI=1S/C49H43Cl2N5O9S2/c1-28(57)24-53-49-54-29(2)48(66-49)67(60,61)56-25-37-22-44-43(64-27-45(65-44)35-13-15-38(16-14-35)63-26-32-8-17-39(50)40(51)18-32)21-36(37)20-42(56)46(58)55-41(47(59)62-3)19-30-4-9-33(10-5-30)34-11-6-31(23-52)7-12-34/h4-18,21-22,41-42,45H,19-20,24-27H2,1-3H3,(H,53,54)(H,55,58)/t41-,42-,45-/m0/s1. The third-order valence-electron chi connectivity index (χ3n) is 11.3. The van der Waals surface area contributed by atoms with Crippen LogP contribution in [0.4, 0.5) is 5.13 Å². The number of aryl methyl sites for hydroxylation is 1. The SMILES string of the molecule is COC(=O)[C@H](Cc1ccc(-c2ccc(C#N)cc2)cc1)NC(=O)[C@@H]1Cc2cc3c(cc2CN1S(=O)(=O)c1sc(NCC(C)=O)nc1C)O[C@H](c1ccc(OCc2ccc(Cl)c(Cl)c2)cc1)CO3. The van der Waals surface area contributed by atoms with Gasteiger partial charge in [-0.2, -0.15) is 9.57 Å². The van der Waals surface area contributed by atoms with Crippen molar-refractivity contribution in [3.05, 3.63) is 152 Å². The van der Waals surface area contributed by atoms with Gasteiger partial charge in [-0.25, -0.2) is 18.2 Å². The first-order valence-corrected chi connectivity index (χ1v) is 24.0. The molecular formula is C49H43Cl2N5O9S2. The molecule has 344 valence electrons. The average Bonchev–Trinajstić information content (AvgIpc) is 3.73. The van der Waals surface area contributed by atoms with Gasteiger partial charge in [0.15, 0.2) is 26.9 Å². The van der Waals surface area contributed by atoms with Crippen LogP contribution < -0.4 is 24.8 Å². The zero-order valence-corrected chi connectivity index (χ0v) is 39.5. The van der Waals surface area contributed by atoms with E-state index in [4.69, 9.17) is 42.1 Å². The van der Waals surface area contributed by atoms with Gasteiger partial charge in [0.1, 0.15) is 36.8 Å². The second-order valence-electron chi connectivity index (χ2n) is 16.0. The lowest BCUT2D eigenvalue weighted by molar-refractivity contribution is -0.145. The molecular weight excluding hydrogens is 938 g/mol. The van der Waals surface area contributed by atoms with Crippen LogP contribution in [-0.4, -0.2) is 67.7 Å². The van der Waals surface area contributed by atoms with Crippen molar-refractivity contribution in [3.63, 3.8) is 0 Å². The Morgan fingerprint density at radius 2 is 1.61 bits per heavy atom. The highest BCUT2D eigenvalue weighted by Crippen LogP contribution is 2.42. The van der Waals surface area contributed by atoms with Crippen LogP contribution in [0.25, 0.3) is 11.1 Å². The molecule has 6 aromatic rings. The van der Waals surface area contributed by atoms with E-state index in [2.05, 4.69) is 21.7 Å². The Kier molecular flexibility index (Phi) is 14.2. The number of aromatic nitrogens is 1. The Labute approximate surface area is 401 Å². The van der Waals surface area contributed by atoms with E-state index in [0.717, 1.165) is 37.9 Å². The molecule has 2 aliphatic heterocycles. The molecule has 14 nitrogen and oxygen atoms in total. The van der Waals surface area contributed by atoms with Crippen LogP contribution in [-0.2, 0) is 55.1 Å². The number of hydrogen-bond acceptors (Lipinski definition) is 13. The Hall–Kier alpha value is -6.48. The van der Waals surface area contributed by atoms with Gasteiger partial charge in [-0.1, -0.05) is 89.1 Å². The number of methoxy groups -OCH3 is 1. The van der Waals surface area contributed by atoms with Crippen molar-refractivity contribution in [3.8, 4) is 34.4 Å². The molecule has 18 heteroatoms. The maximum absolute atomic E-state index is 14.8. The number of benzene rings is 5. The van der Waals surface area contributed by atoms with Gasteiger partial charge in [0, 0.05) is 13.0 Å². The molecule has 2 N–H and O–H groups in total. The number of ether oxygens (including phenoxy) is 4. The molecule has 3 atom stereocenters. The highest BCUT2D eigenvalue weighted by Gasteiger charge is 2.43. The molecule has 1 amide bonds. The van der Waals surface area contributed by atoms with Crippen molar-refractivity contribution in [1.29, 1.82) is 5.26 Å². The number of nitrogens with one attached hydrogen (secondary N) is 2. The molecule has 0 spiro atoms. The summed E-state index contributed by atoms with van der Waals surface area (Å²) in [6.45, 7) is 3.14. The molecule has 3 heterocycles. The van der Waals surface area contributed by atoms with E-state index in [9.17, 15) is 28.1 Å². The van der Waals surface area contributed by atoms with Crippen LogP contribution in [0.3, 0.4) is 0 Å². The summed E-state index contributed by atoms with van der Waals surface area (Å²) in [5.41, 5.74) is 6.15. The Morgan fingerprint density at radius 1 is 0.925 bits per heavy atom. The molecule has 0 saturated carbocycles. The molecule has 1 aromatic heterocycles. The minimum absolute atomic E-state index is 0.0478. The second-order valence-corrected chi connectivity index (χ2v) is 19.9. The van der Waals surface area contributed by atoms with E-state index in [-0.39, 0.29) is 60.0 Å². The minimum atomic E-state index is -4.44.